The molecule has 0 spiro atoms. The van der Waals surface area contributed by atoms with Crippen molar-refractivity contribution in [3.05, 3.63) is 21.6 Å². The van der Waals surface area contributed by atoms with E-state index in [9.17, 15) is 8.78 Å². The summed E-state index contributed by atoms with van der Waals surface area (Å²) in [5.74, 6) is 0.0976. The molecule has 21 heavy (non-hydrogen) atoms. The van der Waals surface area contributed by atoms with Gasteiger partial charge in [0, 0.05) is 11.6 Å². The Balaban J connectivity index is 2.49. The number of benzene rings is 1. The summed E-state index contributed by atoms with van der Waals surface area (Å²) in [4.78, 5) is 0. The molecule has 6 heteroatoms. The molecule has 0 unspecified atom stereocenters. The van der Waals surface area contributed by atoms with Crippen LogP contribution in [0.25, 0.3) is 0 Å². The Labute approximate surface area is 138 Å². The molecule has 0 aromatic heterocycles. The van der Waals surface area contributed by atoms with E-state index in [2.05, 4.69) is 32.9 Å². The second-order valence-electron chi connectivity index (χ2n) is 4.84. The largest absolute Gasteiger partial charge is 0.431 e. The van der Waals surface area contributed by atoms with Crippen LogP contribution in [0.15, 0.2) is 16.6 Å². The molecular weight excluding hydrogens is 364 g/mol. The van der Waals surface area contributed by atoms with Gasteiger partial charge in [0.25, 0.3) is 0 Å². The van der Waals surface area contributed by atoms with E-state index < -0.39 is 6.61 Å². The van der Waals surface area contributed by atoms with Gasteiger partial charge in [0.1, 0.15) is 0 Å². The predicted octanol–water partition coefficient (Wildman–Crippen LogP) is 6.48. The van der Waals surface area contributed by atoms with Crippen LogP contribution < -0.4 is 10.1 Å². The molecule has 0 aliphatic carbocycles. The molecule has 1 aromatic carbocycles. The molecule has 0 fully saturated rings. The van der Waals surface area contributed by atoms with Crippen molar-refractivity contribution in [2.75, 3.05) is 11.9 Å². The van der Waals surface area contributed by atoms with Crippen LogP contribution in [0.5, 0.6) is 5.75 Å². The van der Waals surface area contributed by atoms with E-state index in [1.165, 1.54) is 31.7 Å². The van der Waals surface area contributed by atoms with Gasteiger partial charge in [0.2, 0.25) is 0 Å². The van der Waals surface area contributed by atoms with E-state index in [0.717, 1.165) is 12.8 Å². The minimum Gasteiger partial charge on any atom is -0.431 e. The molecule has 0 amide bonds. The molecule has 0 aliphatic heterocycles. The number of ether oxygens (including phenoxy) is 1. The maximum Gasteiger partial charge on any atom is 0.387 e. The fourth-order valence-corrected chi connectivity index (χ4v) is 2.93. The minimum atomic E-state index is -2.86. The van der Waals surface area contributed by atoms with E-state index in [1.807, 2.05) is 0 Å². The third-order valence-electron chi connectivity index (χ3n) is 3.06. The Morgan fingerprint density at radius 3 is 2.52 bits per heavy atom. The Kier molecular flexibility index (Phi) is 9.00. The lowest BCUT2D eigenvalue weighted by Gasteiger charge is -2.15. The molecule has 0 saturated carbocycles. The standard InChI is InChI=1S/C15H21BrClF2NO/c1-2-3-4-5-6-7-8-20-13-10-11(17)9-12(16)14(13)21-15(18)19/h9-10,15,20H,2-8H2,1H3. The zero-order valence-electron chi connectivity index (χ0n) is 12.1. The number of unbranched alkanes of at least 4 members (excludes halogenated alkanes) is 5. The predicted molar refractivity (Wildman–Crippen MR) is 87.6 cm³/mol. The first kappa shape index (κ1) is 18.5. The van der Waals surface area contributed by atoms with E-state index in [-0.39, 0.29) is 5.75 Å². The zero-order valence-corrected chi connectivity index (χ0v) is 14.4. The zero-order chi connectivity index (χ0) is 15.7. The summed E-state index contributed by atoms with van der Waals surface area (Å²) in [5, 5.41) is 3.59. The van der Waals surface area contributed by atoms with Gasteiger partial charge in [-0.05, 0) is 34.5 Å². The van der Waals surface area contributed by atoms with Crippen LogP contribution in [0.4, 0.5) is 14.5 Å². The van der Waals surface area contributed by atoms with E-state index in [4.69, 9.17) is 11.6 Å². The summed E-state index contributed by atoms with van der Waals surface area (Å²) >= 11 is 9.14. The fraction of sp³-hybridized carbons (Fsp3) is 0.600. The van der Waals surface area contributed by atoms with Crippen molar-refractivity contribution < 1.29 is 13.5 Å². The first-order chi connectivity index (χ1) is 10.0. The maximum atomic E-state index is 12.4. The van der Waals surface area contributed by atoms with Gasteiger partial charge in [0.05, 0.1) is 10.2 Å². The van der Waals surface area contributed by atoms with Crippen LogP contribution in [0.3, 0.4) is 0 Å². The van der Waals surface area contributed by atoms with E-state index in [0.29, 0.717) is 21.7 Å². The Hall–Kier alpha value is -0.550. The third-order valence-corrected chi connectivity index (χ3v) is 3.87. The Morgan fingerprint density at radius 2 is 1.86 bits per heavy atom. The summed E-state index contributed by atoms with van der Waals surface area (Å²) in [7, 11) is 0. The van der Waals surface area contributed by atoms with Crippen molar-refractivity contribution in [1.29, 1.82) is 0 Å². The maximum absolute atomic E-state index is 12.4. The molecule has 0 heterocycles. The normalized spacial score (nSPS) is 11.0. The molecule has 0 bridgehead atoms. The second-order valence-corrected chi connectivity index (χ2v) is 6.13. The number of nitrogens with one attached hydrogen (secondary N) is 1. The van der Waals surface area contributed by atoms with Gasteiger partial charge in [-0.15, -0.1) is 0 Å². The van der Waals surface area contributed by atoms with Crippen molar-refractivity contribution in [1.82, 2.24) is 0 Å². The van der Waals surface area contributed by atoms with Gasteiger partial charge in [-0.25, -0.2) is 0 Å². The SMILES string of the molecule is CCCCCCCCNc1cc(Cl)cc(Br)c1OC(F)F. The monoisotopic (exact) mass is 383 g/mol. The minimum absolute atomic E-state index is 0.0976. The smallest absolute Gasteiger partial charge is 0.387 e. The number of halogens is 4. The molecule has 0 radical (unpaired) electrons. The lowest BCUT2D eigenvalue weighted by atomic mass is 10.1. The van der Waals surface area contributed by atoms with Gasteiger partial charge in [0.15, 0.2) is 5.75 Å². The molecule has 0 atom stereocenters. The van der Waals surface area contributed by atoms with Gasteiger partial charge in [-0.2, -0.15) is 8.78 Å². The summed E-state index contributed by atoms with van der Waals surface area (Å²) in [6, 6.07) is 3.14. The lowest BCUT2D eigenvalue weighted by Crippen LogP contribution is -2.08. The van der Waals surface area contributed by atoms with Crippen molar-refractivity contribution in [3.8, 4) is 5.75 Å². The molecule has 1 rings (SSSR count). The average molecular weight is 385 g/mol. The molecule has 120 valence electrons. The van der Waals surface area contributed by atoms with Crippen molar-refractivity contribution in [2.45, 2.75) is 52.1 Å². The average Bonchev–Trinajstić information content (AvgIpc) is 2.41. The Bertz CT molecular complexity index is 432. The van der Waals surface area contributed by atoms with Gasteiger partial charge >= 0.3 is 6.61 Å². The van der Waals surface area contributed by atoms with E-state index >= 15 is 0 Å². The lowest BCUT2D eigenvalue weighted by molar-refractivity contribution is -0.0498. The fourth-order valence-electron chi connectivity index (χ4n) is 2.03. The first-order valence-electron chi connectivity index (χ1n) is 7.22. The third kappa shape index (κ3) is 7.32. The highest BCUT2D eigenvalue weighted by Gasteiger charge is 2.14. The number of alkyl halides is 2. The number of hydrogen-bond donors (Lipinski definition) is 1. The molecule has 0 aliphatic rings. The molecule has 1 N–H and O–H groups in total. The van der Waals surface area contributed by atoms with Crippen LogP contribution in [0, 0.1) is 0 Å². The van der Waals surface area contributed by atoms with Crippen molar-refractivity contribution in [2.24, 2.45) is 0 Å². The van der Waals surface area contributed by atoms with Gasteiger partial charge in [-0.1, -0.05) is 50.6 Å². The first-order valence-corrected chi connectivity index (χ1v) is 8.39. The van der Waals surface area contributed by atoms with Crippen molar-refractivity contribution >= 4 is 33.2 Å². The number of anilines is 1. The van der Waals surface area contributed by atoms with E-state index in [1.54, 1.807) is 6.07 Å². The van der Waals surface area contributed by atoms with Crippen LogP contribution in [0.1, 0.15) is 45.4 Å². The molecular formula is C15H21BrClF2NO. The highest BCUT2D eigenvalue weighted by atomic mass is 79.9. The topological polar surface area (TPSA) is 21.3 Å². The molecule has 1 aromatic rings. The summed E-state index contributed by atoms with van der Waals surface area (Å²) in [5.41, 5.74) is 0.489. The van der Waals surface area contributed by atoms with Gasteiger partial charge < -0.3 is 10.1 Å². The second kappa shape index (κ2) is 10.2. The van der Waals surface area contributed by atoms with Crippen LogP contribution in [-0.2, 0) is 0 Å². The Morgan fingerprint density at radius 1 is 1.19 bits per heavy atom. The van der Waals surface area contributed by atoms with Crippen LogP contribution in [-0.4, -0.2) is 13.2 Å². The van der Waals surface area contributed by atoms with Crippen molar-refractivity contribution in [3.63, 3.8) is 0 Å². The molecule has 0 saturated heterocycles. The van der Waals surface area contributed by atoms with Crippen LogP contribution in [0.2, 0.25) is 5.02 Å². The summed E-state index contributed by atoms with van der Waals surface area (Å²) in [6.07, 6.45) is 7.06. The summed E-state index contributed by atoms with van der Waals surface area (Å²) in [6.45, 7) is 0.0267. The summed E-state index contributed by atoms with van der Waals surface area (Å²) < 4.78 is 29.8. The molecule has 2 nitrogen and oxygen atoms in total. The van der Waals surface area contributed by atoms with Crippen LogP contribution >= 0.6 is 27.5 Å². The quantitative estimate of drug-likeness (QED) is 0.466. The highest BCUT2D eigenvalue weighted by molar-refractivity contribution is 9.10. The van der Waals surface area contributed by atoms with Gasteiger partial charge in [-0.3, -0.25) is 0 Å². The number of rotatable bonds is 10. The highest BCUT2D eigenvalue weighted by Crippen LogP contribution is 2.37. The number of hydrogen-bond acceptors (Lipinski definition) is 2.